The maximum Gasteiger partial charge on any atom is 0.185 e. The Balaban J connectivity index is 1.80. The molecule has 3 aromatic heterocycles. The van der Waals surface area contributed by atoms with Gasteiger partial charge in [0.2, 0.25) is 0 Å². The lowest BCUT2D eigenvalue weighted by Crippen LogP contribution is -2.25. The first-order valence-corrected chi connectivity index (χ1v) is 9.34. The summed E-state index contributed by atoms with van der Waals surface area (Å²) in [6.07, 6.45) is 4.75. The van der Waals surface area contributed by atoms with Gasteiger partial charge in [-0.25, -0.2) is 4.98 Å². The van der Waals surface area contributed by atoms with Crippen molar-refractivity contribution in [2.24, 2.45) is 0 Å². The molecule has 1 N–H and O–H groups in total. The number of aromatic nitrogens is 4. The van der Waals surface area contributed by atoms with Gasteiger partial charge < -0.3 is 10.5 Å². The van der Waals surface area contributed by atoms with Crippen LogP contribution in [0.3, 0.4) is 0 Å². The number of hydrogen-bond donors (Lipinski definition) is 1. The lowest BCUT2D eigenvalue weighted by Gasteiger charge is -2.13. The van der Waals surface area contributed by atoms with Crippen molar-refractivity contribution in [3.05, 3.63) is 81.4 Å². The van der Waals surface area contributed by atoms with Gasteiger partial charge in [0, 0.05) is 29.8 Å². The summed E-state index contributed by atoms with van der Waals surface area (Å²) in [5.74, 6) is 0.810. The molecule has 0 amide bonds. The molecule has 1 aromatic carbocycles. The minimum absolute atomic E-state index is 0.506. The predicted molar refractivity (Wildman–Crippen MR) is 108 cm³/mol. The summed E-state index contributed by atoms with van der Waals surface area (Å²) in [6.45, 7) is 4.68. The first-order chi connectivity index (χ1) is 13.0. The Labute approximate surface area is 165 Å². The van der Waals surface area contributed by atoms with E-state index in [-0.39, 0.29) is 0 Å². The number of nitrogens with one attached hydrogen (secondary N) is 1. The Hall–Kier alpha value is -2.93. The van der Waals surface area contributed by atoms with E-state index in [1.54, 1.807) is 23.0 Å². The maximum absolute atomic E-state index is 11.5. The highest BCUT2D eigenvalue weighted by atomic mass is 79.9. The molecule has 0 spiro atoms. The summed E-state index contributed by atoms with van der Waals surface area (Å²) in [4.78, 5) is 4.82. The fourth-order valence-corrected chi connectivity index (χ4v) is 3.55. The summed E-state index contributed by atoms with van der Waals surface area (Å²) < 4.78 is 3.39. The minimum Gasteiger partial charge on any atom is -0.619 e. The summed E-state index contributed by atoms with van der Waals surface area (Å²) in [7, 11) is 0. The average Bonchev–Trinajstić information content (AvgIpc) is 3.01. The third kappa shape index (κ3) is 3.38. The van der Waals surface area contributed by atoms with Crippen LogP contribution >= 0.6 is 15.9 Å². The molecule has 0 aliphatic carbocycles. The van der Waals surface area contributed by atoms with Gasteiger partial charge >= 0.3 is 0 Å². The van der Waals surface area contributed by atoms with E-state index < -0.39 is 0 Å². The fourth-order valence-electron chi connectivity index (χ4n) is 3.21. The Morgan fingerprint density at radius 1 is 1.19 bits per heavy atom. The molecule has 27 heavy (non-hydrogen) atoms. The number of hydrogen-bond acceptors (Lipinski definition) is 4. The van der Waals surface area contributed by atoms with E-state index in [1.807, 2.05) is 18.2 Å². The Kier molecular flexibility index (Phi) is 4.53. The molecule has 0 radical (unpaired) electrons. The third-order valence-corrected chi connectivity index (χ3v) is 5.04. The van der Waals surface area contributed by atoms with Crippen molar-refractivity contribution in [2.45, 2.75) is 20.4 Å². The van der Waals surface area contributed by atoms with E-state index in [0.717, 1.165) is 37.5 Å². The van der Waals surface area contributed by atoms with Crippen molar-refractivity contribution in [2.75, 3.05) is 5.32 Å². The van der Waals surface area contributed by atoms with Crippen molar-refractivity contribution in [1.82, 2.24) is 14.6 Å². The van der Waals surface area contributed by atoms with E-state index >= 15 is 0 Å². The van der Waals surface area contributed by atoms with Gasteiger partial charge in [-0.05, 0) is 47.0 Å². The standard InChI is InChI=1S/C20H18BrN5O/c1-13-5-3-6-14(2)19(13)17-9-18(26-20(24-17)16(21)11-23-26)22-10-15-7-4-8-25(27)12-15/h3-9,11-12,22H,10H2,1-2H3. The smallest absolute Gasteiger partial charge is 0.185 e. The molecule has 6 nitrogen and oxygen atoms in total. The molecule has 4 rings (SSSR count). The first-order valence-electron chi connectivity index (χ1n) is 8.55. The molecule has 7 heteroatoms. The quantitative estimate of drug-likeness (QED) is 0.397. The number of benzene rings is 1. The zero-order valence-corrected chi connectivity index (χ0v) is 16.6. The maximum atomic E-state index is 11.5. The summed E-state index contributed by atoms with van der Waals surface area (Å²) in [5.41, 5.74) is 5.97. The number of rotatable bonds is 4. The Morgan fingerprint density at radius 3 is 2.70 bits per heavy atom. The molecule has 0 saturated carbocycles. The largest absolute Gasteiger partial charge is 0.619 e. The van der Waals surface area contributed by atoms with Crippen molar-refractivity contribution in [3.8, 4) is 11.3 Å². The number of anilines is 1. The van der Waals surface area contributed by atoms with Crippen LogP contribution in [0.5, 0.6) is 0 Å². The van der Waals surface area contributed by atoms with Gasteiger partial charge in [-0.2, -0.15) is 14.3 Å². The second-order valence-corrected chi connectivity index (χ2v) is 7.30. The first kappa shape index (κ1) is 17.5. The predicted octanol–water partition coefficient (Wildman–Crippen LogP) is 4.02. The number of halogens is 1. The molecule has 0 unspecified atom stereocenters. The second kappa shape index (κ2) is 7.00. The van der Waals surface area contributed by atoms with Crippen LogP contribution in [0.1, 0.15) is 16.7 Å². The van der Waals surface area contributed by atoms with Crippen LogP contribution < -0.4 is 10.0 Å². The lowest BCUT2D eigenvalue weighted by molar-refractivity contribution is -0.605. The van der Waals surface area contributed by atoms with Crippen molar-refractivity contribution < 1.29 is 4.73 Å². The van der Waals surface area contributed by atoms with Gasteiger partial charge in [0.15, 0.2) is 18.0 Å². The molecule has 0 fully saturated rings. The minimum atomic E-state index is 0.506. The van der Waals surface area contributed by atoms with E-state index in [2.05, 4.69) is 52.3 Å². The zero-order valence-electron chi connectivity index (χ0n) is 15.0. The van der Waals surface area contributed by atoms with E-state index in [4.69, 9.17) is 4.98 Å². The molecular formula is C20H18BrN5O. The van der Waals surface area contributed by atoms with Crippen molar-refractivity contribution in [1.29, 1.82) is 0 Å². The number of pyridine rings is 1. The fraction of sp³-hybridized carbons (Fsp3) is 0.150. The van der Waals surface area contributed by atoms with Gasteiger partial charge in [0.25, 0.3) is 0 Å². The highest BCUT2D eigenvalue weighted by Gasteiger charge is 2.14. The van der Waals surface area contributed by atoms with Crippen LogP contribution in [0.2, 0.25) is 0 Å². The monoisotopic (exact) mass is 423 g/mol. The van der Waals surface area contributed by atoms with E-state index in [0.29, 0.717) is 6.54 Å². The second-order valence-electron chi connectivity index (χ2n) is 6.45. The summed E-state index contributed by atoms with van der Waals surface area (Å²) in [6, 6.07) is 11.9. The van der Waals surface area contributed by atoms with Crippen LogP contribution in [-0.4, -0.2) is 14.6 Å². The van der Waals surface area contributed by atoms with Crippen molar-refractivity contribution in [3.63, 3.8) is 0 Å². The van der Waals surface area contributed by atoms with Crippen LogP contribution in [0.15, 0.2) is 59.5 Å². The third-order valence-electron chi connectivity index (χ3n) is 4.48. The van der Waals surface area contributed by atoms with Crippen molar-refractivity contribution >= 4 is 27.4 Å². The van der Waals surface area contributed by atoms with Crippen LogP contribution in [-0.2, 0) is 6.54 Å². The molecule has 0 saturated heterocycles. The summed E-state index contributed by atoms with van der Waals surface area (Å²) >= 11 is 3.53. The average molecular weight is 424 g/mol. The molecular weight excluding hydrogens is 406 g/mol. The van der Waals surface area contributed by atoms with Crippen LogP contribution in [0.25, 0.3) is 16.9 Å². The van der Waals surface area contributed by atoms with Gasteiger partial charge in [-0.3, -0.25) is 0 Å². The van der Waals surface area contributed by atoms with Crippen LogP contribution in [0.4, 0.5) is 5.82 Å². The summed E-state index contributed by atoms with van der Waals surface area (Å²) in [5, 5.41) is 19.3. The van der Waals surface area contributed by atoms with Gasteiger partial charge in [0.05, 0.1) is 16.4 Å². The lowest BCUT2D eigenvalue weighted by atomic mass is 10.00. The van der Waals surface area contributed by atoms with Crippen LogP contribution in [0, 0.1) is 19.1 Å². The number of aryl methyl sites for hydroxylation is 2. The number of fused-ring (bicyclic) bond motifs is 1. The molecule has 4 aromatic rings. The van der Waals surface area contributed by atoms with E-state index in [1.165, 1.54) is 17.3 Å². The topological polar surface area (TPSA) is 69.2 Å². The van der Waals surface area contributed by atoms with Gasteiger partial charge in [-0.1, -0.05) is 18.2 Å². The molecule has 0 aliphatic heterocycles. The van der Waals surface area contributed by atoms with Gasteiger partial charge in [-0.15, -0.1) is 0 Å². The van der Waals surface area contributed by atoms with E-state index in [9.17, 15) is 5.21 Å². The Bertz CT molecular complexity index is 1120. The molecule has 0 aliphatic rings. The molecule has 3 heterocycles. The van der Waals surface area contributed by atoms with Gasteiger partial charge in [0.1, 0.15) is 5.82 Å². The number of nitrogens with zero attached hydrogens (tertiary/aromatic N) is 4. The molecule has 0 bridgehead atoms. The Morgan fingerprint density at radius 2 is 1.96 bits per heavy atom. The highest BCUT2D eigenvalue weighted by molar-refractivity contribution is 9.10. The molecule has 0 atom stereocenters. The highest BCUT2D eigenvalue weighted by Crippen LogP contribution is 2.30. The molecule has 136 valence electrons. The SMILES string of the molecule is Cc1cccc(C)c1-c1cc(NCc2ccc[n+]([O-])c2)n2ncc(Br)c2n1. The zero-order chi connectivity index (χ0) is 19.0. The normalized spacial score (nSPS) is 11.1.